The number of nitro groups is 1. The lowest BCUT2D eigenvalue weighted by Crippen LogP contribution is -2.46. The van der Waals surface area contributed by atoms with Crippen molar-refractivity contribution in [2.45, 2.75) is 6.10 Å². The van der Waals surface area contributed by atoms with E-state index in [1.807, 2.05) is 18.0 Å². The first-order chi connectivity index (χ1) is 9.65. The summed E-state index contributed by atoms with van der Waals surface area (Å²) in [6.07, 6.45) is 1.32. The highest BCUT2D eigenvalue weighted by molar-refractivity contribution is 5.60. The van der Waals surface area contributed by atoms with E-state index in [1.54, 1.807) is 0 Å². The van der Waals surface area contributed by atoms with Gasteiger partial charge in [0, 0.05) is 31.9 Å². The first-order valence-electron chi connectivity index (χ1n) is 6.21. The van der Waals surface area contributed by atoms with Crippen LogP contribution in [0.5, 0.6) is 0 Å². The van der Waals surface area contributed by atoms with E-state index in [9.17, 15) is 10.1 Å². The lowest BCUT2D eigenvalue weighted by molar-refractivity contribution is -0.384. The molecule has 106 valence electrons. The number of hydrogen-bond donors (Lipinski definition) is 1. The molecule has 8 heteroatoms. The molecule has 1 aliphatic heterocycles. The number of nitriles is 1. The second-order valence-electron chi connectivity index (χ2n) is 4.43. The predicted molar refractivity (Wildman–Crippen MR) is 71.5 cm³/mol. The highest BCUT2D eigenvalue weighted by atomic mass is 16.6. The summed E-state index contributed by atoms with van der Waals surface area (Å²) < 4.78 is 5.56. The van der Waals surface area contributed by atoms with Crippen LogP contribution in [-0.2, 0) is 4.74 Å². The zero-order valence-electron chi connectivity index (χ0n) is 11.1. The van der Waals surface area contributed by atoms with Crippen LogP contribution < -0.4 is 10.2 Å². The van der Waals surface area contributed by atoms with Gasteiger partial charge < -0.3 is 15.0 Å². The van der Waals surface area contributed by atoms with Gasteiger partial charge in [0.1, 0.15) is 6.07 Å². The molecule has 0 aliphatic carbocycles. The predicted octanol–water partition coefficient (Wildman–Crippen LogP) is 0.286. The molecule has 0 amide bonds. The van der Waals surface area contributed by atoms with Gasteiger partial charge in [-0.05, 0) is 7.05 Å². The molecule has 1 aliphatic rings. The minimum Gasteiger partial charge on any atom is -0.373 e. The van der Waals surface area contributed by atoms with Crippen LogP contribution in [0.2, 0.25) is 0 Å². The monoisotopic (exact) mass is 277 g/mol. The number of rotatable bonds is 4. The molecule has 0 spiro atoms. The number of ether oxygens (including phenoxy) is 1. The molecule has 2 rings (SSSR count). The van der Waals surface area contributed by atoms with Gasteiger partial charge in [-0.15, -0.1) is 0 Å². The summed E-state index contributed by atoms with van der Waals surface area (Å²) in [6.45, 7) is 2.23. The van der Waals surface area contributed by atoms with Crippen molar-refractivity contribution in [3.05, 3.63) is 27.9 Å². The van der Waals surface area contributed by atoms with E-state index in [-0.39, 0.29) is 17.4 Å². The highest BCUT2D eigenvalue weighted by Gasteiger charge is 2.27. The van der Waals surface area contributed by atoms with Crippen molar-refractivity contribution >= 4 is 11.5 Å². The van der Waals surface area contributed by atoms with Gasteiger partial charge in [0.25, 0.3) is 0 Å². The molecule has 1 unspecified atom stereocenters. The first kappa shape index (κ1) is 14.2. The standard InChI is InChI=1S/C12H15N5O3/c1-14-7-10-8-16(2-3-20-10)12-11(17(18)19)4-9(5-13)6-15-12/h4,6,10,14H,2-3,7-8H2,1H3. The van der Waals surface area contributed by atoms with Crippen molar-refractivity contribution in [1.82, 2.24) is 10.3 Å². The summed E-state index contributed by atoms with van der Waals surface area (Å²) in [5, 5.41) is 22.9. The number of nitrogens with zero attached hydrogens (tertiary/aromatic N) is 4. The van der Waals surface area contributed by atoms with E-state index in [1.165, 1.54) is 12.3 Å². The van der Waals surface area contributed by atoms with Gasteiger partial charge in [0.15, 0.2) is 0 Å². The fourth-order valence-corrected chi connectivity index (χ4v) is 2.15. The molecule has 0 aromatic carbocycles. The van der Waals surface area contributed by atoms with Crippen LogP contribution in [0.4, 0.5) is 11.5 Å². The van der Waals surface area contributed by atoms with Crippen LogP contribution >= 0.6 is 0 Å². The van der Waals surface area contributed by atoms with Crippen LogP contribution in [0.1, 0.15) is 5.56 Å². The molecule has 20 heavy (non-hydrogen) atoms. The topological polar surface area (TPSA) is 104 Å². The van der Waals surface area contributed by atoms with Gasteiger partial charge in [0.05, 0.1) is 23.2 Å². The van der Waals surface area contributed by atoms with Crippen LogP contribution in [-0.4, -0.2) is 49.3 Å². The van der Waals surface area contributed by atoms with Gasteiger partial charge in [-0.1, -0.05) is 0 Å². The van der Waals surface area contributed by atoms with Crippen molar-refractivity contribution in [2.75, 3.05) is 38.2 Å². The van der Waals surface area contributed by atoms with E-state index in [0.29, 0.717) is 32.1 Å². The number of hydrogen-bond acceptors (Lipinski definition) is 7. The van der Waals surface area contributed by atoms with Crippen molar-refractivity contribution in [2.24, 2.45) is 0 Å². The Hall–Kier alpha value is -2.24. The summed E-state index contributed by atoms with van der Waals surface area (Å²) in [4.78, 5) is 16.5. The Morgan fingerprint density at radius 2 is 2.55 bits per heavy atom. The second kappa shape index (κ2) is 6.27. The molecule has 2 heterocycles. The van der Waals surface area contributed by atoms with Crippen LogP contribution in [0, 0.1) is 21.4 Å². The maximum absolute atomic E-state index is 11.1. The Morgan fingerprint density at radius 1 is 1.75 bits per heavy atom. The van der Waals surface area contributed by atoms with Crippen molar-refractivity contribution in [3.63, 3.8) is 0 Å². The highest BCUT2D eigenvalue weighted by Crippen LogP contribution is 2.27. The van der Waals surface area contributed by atoms with E-state index in [4.69, 9.17) is 10.00 Å². The van der Waals surface area contributed by atoms with Crippen LogP contribution in [0.25, 0.3) is 0 Å². The number of pyridine rings is 1. The minimum absolute atomic E-state index is 0.0363. The molecule has 1 saturated heterocycles. The number of nitrogens with one attached hydrogen (secondary N) is 1. The average molecular weight is 277 g/mol. The molecule has 1 atom stereocenters. The van der Waals surface area contributed by atoms with Gasteiger partial charge in [0.2, 0.25) is 5.82 Å². The number of aromatic nitrogens is 1. The largest absolute Gasteiger partial charge is 0.373 e. The number of morpholine rings is 1. The van der Waals surface area contributed by atoms with Crippen molar-refractivity contribution < 1.29 is 9.66 Å². The zero-order valence-corrected chi connectivity index (χ0v) is 11.1. The fraction of sp³-hybridized carbons (Fsp3) is 0.500. The van der Waals surface area contributed by atoms with Gasteiger partial charge in [-0.2, -0.15) is 5.26 Å². The molecular weight excluding hydrogens is 262 g/mol. The summed E-state index contributed by atoms with van der Waals surface area (Å²) in [5.74, 6) is 0.290. The molecule has 1 N–H and O–H groups in total. The molecule has 8 nitrogen and oxygen atoms in total. The first-order valence-corrected chi connectivity index (χ1v) is 6.21. The third-order valence-electron chi connectivity index (χ3n) is 3.04. The number of anilines is 1. The Labute approximate surface area is 116 Å². The Kier molecular flexibility index (Phi) is 4.45. The van der Waals surface area contributed by atoms with Gasteiger partial charge in [-0.3, -0.25) is 10.1 Å². The van der Waals surface area contributed by atoms with Crippen molar-refractivity contribution in [3.8, 4) is 6.07 Å². The summed E-state index contributed by atoms with van der Waals surface area (Å²) >= 11 is 0. The quantitative estimate of drug-likeness (QED) is 0.622. The molecular formula is C12H15N5O3. The second-order valence-corrected chi connectivity index (χ2v) is 4.43. The maximum Gasteiger partial charge on any atom is 0.312 e. The van der Waals surface area contributed by atoms with Crippen molar-refractivity contribution in [1.29, 1.82) is 5.26 Å². The smallest absolute Gasteiger partial charge is 0.312 e. The Balaban J connectivity index is 2.27. The van der Waals surface area contributed by atoms with E-state index in [2.05, 4.69) is 10.3 Å². The molecule has 0 saturated carbocycles. The van der Waals surface area contributed by atoms with E-state index in [0.717, 1.165) is 0 Å². The lowest BCUT2D eigenvalue weighted by atomic mass is 10.2. The fourth-order valence-electron chi connectivity index (χ4n) is 2.15. The molecule has 1 aromatic rings. The van der Waals surface area contributed by atoms with E-state index >= 15 is 0 Å². The Morgan fingerprint density at radius 3 is 3.20 bits per heavy atom. The average Bonchev–Trinajstić information content (AvgIpc) is 2.47. The summed E-state index contributed by atoms with van der Waals surface area (Å²) in [6, 6.07) is 3.12. The molecule has 1 aromatic heterocycles. The Bertz CT molecular complexity index is 540. The lowest BCUT2D eigenvalue weighted by Gasteiger charge is -2.33. The van der Waals surface area contributed by atoms with E-state index < -0.39 is 4.92 Å². The van der Waals surface area contributed by atoms with Crippen LogP contribution in [0.15, 0.2) is 12.3 Å². The normalized spacial score (nSPS) is 18.6. The zero-order chi connectivity index (χ0) is 14.5. The summed E-state index contributed by atoms with van der Waals surface area (Å²) in [5.41, 5.74) is 0.0367. The van der Waals surface area contributed by atoms with Crippen LogP contribution in [0.3, 0.4) is 0 Å². The minimum atomic E-state index is -0.508. The summed E-state index contributed by atoms with van der Waals surface area (Å²) in [7, 11) is 1.82. The van der Waals surface area contributed by atoms with Gasteiger partial charge >= 0.3 is 5.69 Å². The number of likely N-dealkylation sites (N-methyl/N-ethyl adjacent to an activating group) is 1. The van der Waals surface area contributed by atoms with Gasteiger partial charge in [-0.25, -0.2) is 4.98 Å². The third-order valence-corrected chi connectivity index (χ3v) is 3.04. The third kappa shape index (κ3) is 3.01. The molecule has 0 bridgehead atoms. The SMILES string of the molecule is CNCC1CN(c2ncc(C#N)cc2[N+](=O)[O-])CCO1. The maximum atomic E-state index is 11.1. The molecule has 1 fully saturated rings. The molecule has 0 radical (unpaired) electrons.